The molecule has 0 atom stereocenters. The number of nitrogens with one attached hydrogen (secondary N) is 2. The molecule has 9 heteroatoms. The number of rotatable bonds is 7. The van der Waals surface area contributed by atoms with Gasteiger partial charge in [-0.1, -0.05) is 11.8 Å². The topological polar surface area (TPSA) is 96.3 Å². The normalized spacial score (nSPS) is 15.7. The Labute approximate surface area is 138 Å². The van der Waals surface area contributed by atoms with Gasteiger partial charge < -0.3 is 14.5 Å². The van der Waals surface area contributed by atoms with E-state index in [1.165, 1.54) is 24.4 Å². The number of H-pyrrole nitrogens is 1. The smallest absolute Gasteiger partial charge is 0.254 e. The third kappa shape index (κ3) is 4.81. The molecule has 8 nitrogen and oxygen atoms in total. The molecule has 0 unspecified atom stereocenters. The van der Waals surface area contributed by atoms with Crippen molar-refractivity contribution in [1.29, 1.82) is 0 Å². The van der Waals surface area contributed by atoms with Gasteiger partial charge in [-0.05, 0) is 6.07 Å². The van der Waals surface area contributed by atoms with Crippen molar-refractivity contribution in [3.8, 4) is 0 Å². The molecule has 1 fully saturated rings. The maximum Gasteiger partial charge on any atom is 0.254 e. The molecule has 0 spiro atoms. The number of morpholine rings is 1. The first kappa shape index (κ1) is 16.0. The highest BCUT2D eigenvalue weighted by atomic mass is 32.2. The van der Waals surface area contributed by atoms with Crippen molar-refractivity contribution in [3.05, 3.63) is 30.0 Å². The van der Waals surface area contributed by atoms with Gasteiger partial charge in [-0.15, -0.1) is 0 Å². The van der Waals surface area contributed by atoms with Crippen LogP contribution >= 0.6 is 11.8 Å². The van der Waals surface area contributed by atoms with Crippen LogP contribution in [0.15, 0.2) is 28.2 Å². The summed E-state index contributed by atoms with van der Waals surface area (Å²) in [7, 11) is 0. The van der Waals surface area contributed by atoms with Gasteiger partial charge in [-0.2, -0.15) is 5.10 Å². The second-order valence-corrected chi connectivity index (χ2v) is 6.17. The van der Waals surface area contributed by atoms with E-state index in [1.54, 1.807) is 6.07 Å². The second kappa shape index (κ2) is 8.14. The monoisotopic (exact) mass is 337 g/mol. The van der Waals surface area contributed by atoms with E-state index >= 15 is 0 Å². The predicted octanol–water partition coefficient (Wildman–Crippen LogP) is 0.752. The molecule has 3 heterocycles. The van der Waals surface area contributed by atoms with Gasteiger partial charge in [0.1, 0.15) is 18.4 Å². The summed E-state index contributed by atoms with van der Waals surface area (Å²) in [4.78, 5) is 18.3. The van der Waals surface area contributed by atoms with E-state index in [9.17, 15) is 4.79 Å². The number of ether oxygens (including phenoxy) is 1. The molecule has 1 saturated heterocycles. The molecule has 1 amide bonds. The third-order valence-electron chi connectivity index (χ3n) is 3.42. The second-order valence-electron chi connectivity index (χ2n) is 5.09. The zero-order chi connectivity index (χ0) is 15.9. The number of aromatic amines is 1. The van der Waals surface area contributed by atoms with E-state index in [1.807, 2.05) is 0 Å². The summed E-state index contributed by atoms with van der Waals surface area (Å²) < 4.78 is 10.8. The SMILES string of the molecule is O=C(NCCSc1ncn[nH]1)c1coc(CN2CCOCC2)c1. The fraction of sp³-hybridized carbons (Fsp3) is 0.500. The quantitative estimate of drug-likeness (QED) is 0.568. The Morgan fingerprint density at radius 2 is 2.30 bits per heavy atom. The lowest BCUT2D eigenvalue weighted by atomic mass is 10.2. The van der Waals surface area contributed by atoms with E-state index < -0.39 is 0 Å². The predicted molar refractivity (Wildman–Crippen MR) is 84.2 cm³/mol. The van der Waals surface area contributed by atoms with Gasteiger partial charge in [-0.25, -0.2) is 4.98 Å². The fourth-order valence-corrected chi connectivity index (χ4v) is 2.88. The van der Waals surface area contributed by atoms with E-state index in [2.05, 4.69) is 25.4 Å². The molecular weight excluding hydrogens is 318 g/mol. The summed E-state index contributed by atoms with van der Waals surface area (Å²) in [5.74, 6) is 1.40. The minimum atomic E-state index is -0.125. The minimum absolute atomic E-state index is 0.125. The third-order valence-corrected chi connectivity index (χ3v) is 4.30. The molecule has 124 valence electrons. The highest BCUT2D eigenvalue weighted by molar-refractivity contribution is 7.99. The van der Waals surface area contributed by atoms with Crippen LogP contribution in [0.4, 0.5) is 0 Å². The van der Waals surface area contributed by atoms with Crippen molar-refractivity contribution in [2.24, 2.45) is 0 Å². The Bertz CT molecular complexity index is 610. The molecule has 0 saturated carbocycles. The van der Waals surface area contributed by atoms with Gasteiger partial charge in [0.15, 0.2) is 5.16 Å². The zero-order valence-corrected chi connectivity index (χ0v) is 13.5. The molecule has 23 heavy (non-hydrogen) atoms. The summed E-state index contributed by atoms with van der Waals surface area (Å²) in [6.07, 6.45) is 2.97. The van der Waals surface area contributed by atoms with Gasteiger partial charge in [0.25, 0.3) is 5.91 Å². The van der Waals surface area contributed by atoms with Crippen molar-refractivity contribution < 1.29 is 13.9 Å². The maximum absolute atomic E-state index is 12.1. The number of hydrogen-bond acceptors (Lipinski definition) is 7. The average molecular weight is 337 g/mol. The molecule has 0 bridgehead atoms. The number of thioether (sulfide) groups is 1. The molecule has 2 aromatic heterocycles. The van der Waals surface area contributed by atoms with Crippen molar-refractivity contribution in [3.63, 3.8) is 0 Å². The molecule has 1 aliphatic rings. The number of carbonyl (C=O) groups is 1. The van der Waals surface area contributed by atoms with E-state index in [0.717, 1.165) is 43.0 Å². The Hall–Kier alpha value is -1.84. The summed E-state index contributed by atoms with van der Waals surface area (Å²) in [5, 5.41) is 10.1. The van der Waals surface area contributed by atoms with Crippen molar-refractivity contribution >= 4 is 17.7 Å². The van der Waals surface area contributed by atoms with E-state index in [4.69, 9.17) is 9.15 Å². The minimum Gasteiger partial charge on any atom is -0.467 e. The zero-order valence-electron chi connectivity index (χ0n) is 12.7. The van der Waals surface area contributed by atoms with Crippen LogP contribution in [0.1, 0.15) is 16.1 Å². The molecule has 0 radical (unpaired) electrons. The van der Waals surface area contributed by atoms with Crippen LogP contribution in [0.3, 0.4) is 0 Å². The molecule has 3 rings (SSSR count). The van der Waals surface area contributed by atoms with Gasteiger partial charge in [-0.3, -0.25) is 14.8 Å². The lowest BCUT2D eigenvalue weighted by Gasteiger charge is -2.25. The highest BCUT2D eigenvalue weighted by Crippen LogP contribution is 2.12. The first-order valence-corrected chi connectivity index (χ1v) is 8.44. The Morgan fingerprint density at radius 3 is 3.09 bits per heavy atom. The largest absolute Gasteiger partial charge is 0.467 e. The summed E-state index contributed by atoms with van der Waals surface area (Å²) >= 11 is 1.51. The Morgan fingerprint density at radius 1 is 1.43 bits per heavy atom. The average Bonchev–Trinajstić information content (AvgIpc) is 3.24. The molecule has 1 aliphatic heterocycles. The summed E-state index contributed by atoms with van der Waals surface area (Å²) in [6, 6.07) is 1.80. The van der Waals surface area contributed by atoms with Crippen molar-refractivity contribution in [2.75, 3.05) is 38.6 Å². The number of aromatic nitrogens is 3. The molecule has 2 aromatic rings. The first-order valence-electron chi connectivity index (χ1n) is 7.45. The molecule has 0 aromatic carbocycles. The van der Waals surface area contributed by atoms with Gasteiger partial charge in [0.2, 0.25) is 0 Å². The van der Waals surface area contributed by atoms with E-state index in [-0.39, 0.29) is 5.91 Å². The number of amides is 1. The van der Waals surface area contributed by atoms with Crippen molar-refractivity contribution in [1.82, 2.24) is 25.4 Å². The Kier molecular flexibility index (Phi) is 5.67. The van der Waals surface area contributed by atoms with Crippen molar-refractivity contribution in [2.45, 2.75) is 11.7 Å². The number of hydrogen-bond donors (Lipinski definition) is 2. The molecular formula is C14H19N5O3S. The van der Waals surface area contributed by atoms with Gasteiger partial charge in [0, 0.05) is 25.4 Å². The summed E-state index contributed by atoms with van der Waals surface area (Å²) in [5.41, 5.74) is 0.554. The molecule has 0 aliphatic carbocycles. The maximum atomic E-state index is 12.1. The van der Waals surface area contributed by atoms with Crippen LogP contribution in [-0.2, 0) is 11.3 Å². The van der Waals surface area contributed by atoms with Crippen LogP contribution in [0.25, 0.3) is 0 Å². The first-order chi connectivity index (χ1) is 11.3. The lowest BCUT2D eigenvalue weighted by molar-refractivity contribution is 0.0313. The number of carbonyl (C=O) groups excluding carboxylic acids is 1. The van der Waals surface area contributed by atoms with Crippen LogP contribution in [-0.4, -0.2) is 64.6 Å². The van der Waals surface area contributed by atoms with Crippen LogP contribution in [0, 0.1) is 0 Å². The number of furan rings is 1. The van der Waals surface area contributed by atoms with Crippen LogP contribution in [0.2, 0.25) is 0 Å². The lowest BCUT2D eigenvalue weighted by Crippen LogP contribution is -2.35. The standard InChI is InChI=1S/C14H19N5O3S/c20-13(15-1-6-23-14-16-10-17-18-14)11-7-12(22-9-11)8-19-2-4-21-5-3-19/h7,9-10H,1-6,8H2,(H,15,20)(H,16,17,18). The van der Waals surface area contributed by atoms with Gasteiger partial charge >= 0.3 is 0 Å². The van der Waals surface area contributed by atoms with Crippen LogP contribution in [0.5, 0.6) is 0 Å². The highest BCUT2D eigenvalue weighted by Gasteiger charge is 2.15. The van der Waals surface area contributed by atoms with E-state index in [0.29, 0.717) is 18.7 Å². The molecule has 2 N–H and O–H groups in total. The summed E-state index contributed by atoms with van der Waals surface area (Å²) in [6.45, 7) is 4.53. The van der Waals surface area contributed by atoms with Gasteiger partial charge in [0.05, 0.1) is 25.3 Å². The number of nitrogens with zero attached hydrogens (tertiary/aromatic N) is 3. The fourth-order valence-electron chi connectivity index (χ4n) is 2.24. The Balaban J connectivity index is 1.40. The van der Waals surface area contributed by atoms with Crippen LogP contribution < -0.4 is 5.32 Å².